The monoisotopic (exact) mass is 517 g/mol. The molecule has 0 spiro atoms. The smallest absolute Gasteiger partial charge is 0.436 e. The summed E-state index contributed by atoms with van der Waals surface area (Å²) in [6.07, 6.45) is -2.62. The predicted octanol–water partition coefficient (Wildman–Crippen LogP) is 6.58. The van der Waals surface area contributed by atoms with Crippen LogP contribution in [0.3, 0.4) is 0 Å². The lowest BCUT2D eigenvalue weighted by atomic mass is 10.1. The first kappa shape index (κ1) is 24.2. The van der Waals surface area contributed by atoms with Gasteiger partial charge in [0.1, 0.15) is 18.1 Å². The molecule has 0 atom stereocenters. The highest BCUT2D eigenvalue weighted by molar-refractivity contribution is 6.32. The molecule has 188 valence electrons. The van der Waals surface area contributed by atoms with E-state index < -0.39 is 17.8 Å². The third-order valence-corrected chi connectivity index (χ3v) is 6.36. The summed E-state index contributed by atoms with van der Waals surface area (Å²) in [5.41, 5.74) is -0.624. The molecule has 1 fully saturated rings. The van der Waals surface area contributed by atoms with Gasteiger partial charge in [0.15, 0.2) is 11.5 Å². The third-order valence-electron chi connectivity index (χ3n) is 5.98. The number of aryl methyl sites for hydroxylation is 1. The van der Waals surface area contributed by atoms with Gasteiger partial charge in [0.2, 0.25) is 0 Å². The first-order chi connectivity index (χ1) is 17.3. The summed E-state index contributed by atoms with van der Waals surface area (Å²) in [5, 5.41) is 8.28. The molecule has 0 unspecified atom stereocenters. The SMILES string of the molecule is O=C(NCCCn1nc(C(F)(F)F)c(Cl)c1C1CC1)c1ccc(COc2ccc3ccccc3c2)o1. The number of furan rings is 1. The molecule has 2 aromatic carbocycles. The summed E-state index contributed by atoms with van der Waals surface area (Å²) in [6, 6.07) is 17.0. The molecule has 6 nitrogen and oxygen atoms in total. The van der Waals surface area contributed by atoms with Crippen molar-refractivity contribution in [3.8, 4) is 5.75 Å². The summed E-state index contributed by atoms with van der Waals surface area (Å²) in [4.78, 5) is 12.4. The maximum Gasteiger partial charge on any atom is 0.436 e. The average Bonchev–Trinajstić information content (AvgIpc) is 3.46. The minimum atomic E-state index is -4.60. The molecular weight excluding hydrogens is 495 g/mol. The predicted molar refractivity (Wildman–Crippen MR) is 128 cm³/mol. The van der Waals surface area contributed by atoms with Gasteiger partial charge >= 0.3 is 6.18 Å². The summed E-state index contributed by atoms with van der Waals surface area (Å²) >= 11 is 5.99. The lowest BCUT2D eigenvalue weighted by Gasteiger charge is -2.08. The molecule has 1 aliphatic rings. The van der Waals surface area contributed by atoms with Gasteiger partial charge in [-0.25, -0.2) is 0 Å². The van der Waals surface area contributed by atoms with E-state index >= 15 is 0 Å². The summed E-state index contributed by atoms with van der Waals surface area (Å²) < 4.78 is 52.3. The molecule has 1 amide bonds. The molecule has 36 heavy (non-hydrogen) atoms. The standard InChI is InChI=1S/C26H23ClF3N3O3/c27-22-23(17-6-7-17)33(32-24(22)26(28,29)30)13-3-12-31-25(34)21-11-10-20(36-21)15-35-19-9-8-16-4-1-2-5-18(16)14-19/h1-2,4-5,8-11,14,17H,3,6-7,12-13,15H2,(H,31,34). The van der Waals surface area contributed by atoms with Gasteiger partial charge in [-0.3, -0.25) is 9.48 Å². The number of carbonyl (C=O) groups excluding carboxylic acids is 1. The zero-order chi connectivity index (χ0) is 25.3. The minimum Gasteiger partial charge on any atom is -0.486 e. The number of hydrogen-bond donors (Lipinski definition) is 1. The highest BCUT2D eigenvalue weighted by Gasteiger charge is 2.41. The molecule has 4 aromatic rings. The zero-order valence-electron chi connectivity index (χ0n) is 19.1. The van der Waals surface area contributed by atoms with Gasteiger partial charge in [-0.15, -0.1) is 0 Å². The van der Waals surface area contributed by atoms with Gasteiger partial charge in [0.25, 0.3) is 5.91 Å². The van der Waals surface area contributed by atoms with Crippen LogP contribution in [0.1, 0.15) is 52.9 Å². The zero-order valence-corrected chi connectivity index (χ0v) is 19.9. The topological polar surface area (TPSA) is 69.3 Å². The quantitative estimate of drug-likeness (QED) is 0.255. The second-order valence-electron chi connectivity index (χ2n) is 8.72. The van der Waals surface area contributed by atoms with Crippen molar-refractivity contribution in [1.82, 2.24) is 15.1 Å². The van der Waals surface area contributed by atoms with Crippen LogP contribution in [0.4, 0.5) is 13.2 Å². The van der Waals surface area contributed by atoms with Gasteiger partial charge in [-0.05, 0) is 54.3 Å². The van der Waals surface area contributed by atoms with E-state index in [1.165, 1.54) is 4.68 Å². The molecule has 0 aliphatic heterocycles. The van der Waals surface area contributed by atoms with E-state index in [1.54, 1.807) is 12.1 Å². The lowest BCUT2D eigenvalue weighted by Crippen LogP contribution is -2.25. The van der Waals surface area contributed by atoms with E-state index in [-0.39, 0.29) is 36.4 Å². The Morgan fingerprint density at radius 1 is 1.14 bits per heavy atom. The maximum absolute atomic E-state index is 13.2. The van der Waals surface area contributed by atoms with Crippen LogP contribution >= 0.6 is 11.6 Å². The van der Waals surface area contributed by atoms with Crippen molar-refractivity contribution < 1.29 is 27.1 Å². The molecule has 5 rings (SSSR count). The molecule has 2 heterocycles. The van der Waals surface area contributed by atoms with Crippen LogP contribution in [-0.2, 0) is 19.3 Å². The second-order valence-corrected chi connectivity index (χ2v) is 9.09. The minimum absolute atomic E-state index is 0.00839. The van der Waals surface area contributed by atoms with Crippen LogP contribution in [0.5, 0.6) is 5.75 Å². The number of alkyl halides is 3. The van der Waals surface area contributed by atoms with E-state index in [0.29, 0.717) is 23.6 Å². The Balaban J connectivity index is 1.12. The molecule has 10 heteroatoms. The highest BCUT2D eigenvalue weighted by atomic mass is 35.5. The van der Waals surface area contributed by atoms with E-state index in [9.17, 15) is 18.0 Å². The van der Waals surface area contributed by atoms with Gasteiger partial charge in [-0.2, -0.15) is 18.3 Å². The number of halogens is 4. The first-order valence-corrected chi connectivity index (χ1v) is 12.0. The largest absolute Gasteiger partial charge is 0.486 e. The van der Waals surface area contributed by atoms with Crippen molar-refractivity contribution in [2.75, 3.05) is 6.54 Å². The van der Waals surface area contributed by atoms with Gasteiger partial charge in [0.05, 0.1) is 10.7 Å². The normalized spacial score (nSPS) is 13.8. The fraction of sp³-hybridized carbons (Fsp3) is 0.308. The van der Waals surface area contributed by atoms with E-state index in [1.807, 2.05) is 42.5 Å². The number of nitrogens with one attached hydrogen (secondary N) is 1. The third kappa shape index (κ3) is 5.36. The number of fused-ring (bicyclic) bond motifs is 1. The molecule has 1 N–H and O–H groups in total. The van der Waals surface area contributed by atoms with Crippen molar-refractivity contribution >= 4 is 28.3 Å². The highest BCUT2D eigenvalue weighted by Crippen LogP contribution is 2.46. The molecule has 0 saturated heterocycles. The fourth-order valence-electron chi connectivity index (χ4n) is 4.06. The first-order valence-electron chi connectivity index (χ1n) is 11.6. The Morgan fingerprint density at radius 3 is 2.67 bits per heavy atom. The number of ether oxygens (including phenoxy) is 1. The number of hydrogen-bond acceptors (Lipinski definition) is 4. The molecule has 0 bridgehead atoms. The Bertz CT molecular complexity index is 1390. The Labute approximate surface area is 210 Å². The van der Waals surface area contributed by atoms with Gasteiger partial charge in [0, 0.05) is 19.0 Å². The van der Waals surface area contributed by atoms with Crippen molar-refractivity contribution in [3.63, 3.8) is 0 Å². The maximum atomic E-state index is 13.2. The van der Waals surface area contributed by atoms with Crippen molar-refractivity contribution in [2.24, 2.45) is 0 Å². The molecule has 1 saturated carbocycles. The van der Waals surface area contributed by atoms with Crippen LogP contribution in [0.2, 0.25) is 5.02 Å². The fourth-order valence-corrected chi connectivity index (χ4v) is 4.46. The number of amides is 1. The Kier molecular flexibility index (Phi) is 6.66. The number of nitrogens with zero attached hydrogens (tertiary/aromatic N) is 2. The summed E-state index contributed by atoms with van der Waals surface area (Å²) in [5.74, 6) is 0.910. The van der Waals surface area contributed by atoms with Crippen molar-refractivity contribution in [3.05, 3.63) is 82.5 Å². The van der Waals surface area contributed by atoms with Crippen LogP contribution in [0, 0.1) is 0 Å². The van der Waals surface area contributed by atoms with Crippen LogP contribution in [-0.4, -0.2) is 22.2 Å². The number of rotatable bonds is 9. The van der Waals surface area contributed by atoms with Crippen LogP contribution in [0.25, 0.3) is 10.8 Å². The van der Waals surface area contributed by atoms with Crippen LogP contribution < -0.4 is 10.1 Å². The van der Waals surface area contributed by atoms with Crippen LogP contribution in [0.15, 0.2) is 59.0 Å². The van der Waals surface area contributed by atoms with E-state index in [4.69, 9.17) is 20.8 Å². The lowest BCUT2D eigenvalue weighted by molar-refractivity contribution is -0.141. The number of carbonyl (C=O) groups is 1. The summed E-state index contributed by atoms with van der Waals surface area (Å²) in [7, 11) is 0. The second kappa shape index (κ2) is 9.89. The Morgan fingerprint density at radius 2 is 1.92 bits per heavy atom. The summed E-state index contributed by atoms with van der Waals surface area (Å²) in [6.45, 7) is 0.619. The average molecular weight is 518 g/mol. The molecular formula is C26H23ClF3N3O3. The Hall–Kier alpha value is -3.46. The molecule has 2 aromatic heterocycles. The molecule has 1 aliphatic carbocycles. The number of aromatic nitrogens is 2. The van der Waals surface area contributed by atoms with E-state index in [0.717, 1.165) is 23.6 Å². The van der Waals surface area contributed by atoms with Crippen molar-refractivity contribution in [2.45, 2.75) is 44.5 Å². The van der Waals surface area contributed by atoms with E-state index in [2.05, 4.69) is 10.4 Å². The molecule has 0 radical (unpaired) electrons. The van der Waals surface area contributed by atoms with Crippen molar-refractivity contribution in [1.29, 1.82) is 0 Å². The van der Waals surface area contributed by atoms with Gasteiger partial charge < -0.3 is 14.5 Å². The number of benzene rings is 2. The van der Waals surface area contributed by atoms with Gasteiger partial charge in [-0.1, -0.05) is 41.9 Å².